The first-order valence-electron chi connectivity index (χ1n) is 7.05. The van der Waals surface area contributed by atoms with Crippen molar-refractivity contribution in [2.75, 3.05) is 0 Å². The molecule has 0 amide bonds. The van der Waals surface area contributed by atoms with Crippen molar-refractivity contribution >= 4 is 22.4 Å². The second-order valence-electron chi connectivity index (χ2n) is 5.00. The quantitative estimate of drug-likeness (QED) is 0.630. The summed E-state index contributed by atoms with van der Waals surface area (Å²) in [6.07, 6.45) is 3.78. The molecule has 4 aromatic heterocycles. The van der Waals surface area contributed by atoms with E-state index < -0.39 is 0 Å². The number of nitrogens with one attached hydrogen (secondary N) is 1. The molecular formula is C15H14N6S. The van der Waals surface area contributed by atoms with Gasteiger partial charge in [0.2, 0.25) is 0 Å². The smallest absolute Gasteiger partial charge is 0.181 e. The summed E-state index contributed by atoms with van der Waals surface area (Å²) in [5.74, 6) is 0.915. The summed E-state index contributed by atoms with van der Waals surface area (Å²) in [6.45, 7) is 4.98. The van der Waals surface area contributed by atoms with Crippen LogP contribution in [-0.4, -0.2) is 29.7 Å². The van der Waals surface area contributed by atoms with E-state index in [0.29, 0.717) is 5.65 Å². The van der Waals surface area contributed by atoms with Crippen molar-refractivity contribution in [2.24, 2.45) is 0 Å². The maximum Gasteiger partial charge on any atom is 0.181 e. The first-order valence-corrected chi connectivity index (χ1v) is 7.93. The van der Waals surface area contributed by atoms with Crippen molar-refractivity contribution in [3.8, 4) is 22.2 Å². The Kier molecular flexibility index (Phi) is 3.00. The summed E-state index contributed by atoms with van der Waals surface area (Å²) >= 11 is 1.59. The van der Waals surface area contributed by atoms with Gasteiger partial charge in [-0.05, 0) is 26.0 Å². The van der Waals surface area contributed by atoms with E-state index in [-0.39, 0.29) is 0 Å². The molecule has 0 fully saturated rings. The van der Waals surface area contributed by atoms with Gasteiger partial charge in [0.25, 0.3) is 0 Å². The Morgan fingerprint density at radius 2 is 2.23 bits per heavy atom. The second-order valence-corrected chi connectivity index (χ2v) is 5.86. The Labute approximate surface area is 130 Å². The van der Waals surface area contributed by atoms with Crippen LogP contribution in [0.15, 0.2) is 29.9 Å². The van der Waals surface area contributed by atoms with Crippen molar-refractivity contribution in [2.45, 2.75) is 20.4 Å². The lowest BCUT2D eigenvalue weighted by atomic mass is 10.2. The molecule has 0 saturated carbocycles. The summed E-state index contributed by atoms with van der Waals surface area (Å²) in [4.78, 5) is 13.6. The summed E-state index contributed by atoms with van der Waals surface area (Å²) < 4.78 is 2.12. The van der Waals surface area contributed by atoms with Gasteiger partial charge < -0.3 is 4.57 Å². The molecule has 4 aromatic rings. The van der Waals surface area contributed by atoms with E-state index in [4.69, 9.17) is 4.98 Å². The molecule has 0 aromatic carbocycles. The van der Waals surface area contributed by atoms with Crippen LogP contribution in [0.2, 0.25) is 0 Å². The number of hydrogen-bond donors (Lipinski definition) is 1. The summed E-state index contributed by atoms with van der Waals surface area (Å²) in [7, 11) is 0. The monoisotopic (exact) mass is 310 g/mol. The van der Waals surface area contributed by atoms with Crippen LogP contribution in [0.1, 0.15) is 12.6 Å². The van der Waals surface area contributed by atoms with Crippen LogP contribution in [0.25, 0.3) is 33.3 Å². The van der Waals surface area contributed by atoms with Gasteiger partial charge >= 0.3 is 0 Å². The predicted octanol–water partition coefficient (Wildman–Crippen LogP) is 3.27. The maximum atomic E-state index is 4.73. The fourth-order valence-corrected chi connectivity index (χ4v) is 3.31. The summed E-state index contributed by atoms with van der Waals surface area (Å²) in [6, 6.07) is 3.90. The van der Waals surface area contributed by atoms with E-state index >= 15 is 0 Å². The molecule has 0 aliphatic rings. The van der Waals surface area contributed by atoms with E-state index in [0.717, 1.165) is 39.8 Å². The highest BCUT2D eigenvalue weighted by atomic mass is 32.1. The third kappa shape index (κ3) is 2.01. The number of fused-ring (bicyclic) bond motifs is 1. The Morgan fingerprint density at radius 3 is 3.09 bits per heavy atom. The van der Waals surface area contributed by atoms with Gasteiger partial charge in [0.1, 0.15) is 5.69 Å². The van der Waals surface area contributed by atoms with E-state index in [1.165, 1.54) is 0 Å². The van der Waals surface area contributed by atoms with Crippen LogP contribution in [0.5, 0.6) is 0 Å². The van der Waals surface area contributed by atoms with Gasteiger partial charge in [-0.2, -0.15) is 5.10 Å². The first-order chi connectivity index (χ1) is 10.8. The minimum absolute atomic E-state index is 0.706. The number of aryl methyl sites for hydroxylation is 2. The largest absolute Gasteiger partial charge is 0.329 e. The summed E-state index contributed by atoms with van der Waals surface area (Å²) in [5, 5.41) is 11.2. The zero-order valence-electron chi connectivity index (χ0n) is 12.2. The summed E-state index contributed by atoms with van der Waals surface area (Å²) in [5.41, 5.74) is 3.48. The number of H-pyrrole nitrogens is 1. The standard InChI is InChI=1S/C15H14N6S/c1-3-21-7-9(2)17-14(21)15-18-11(8-22-15)12-10-5-4-6-16-13(10)20-19-12/h4-8H,3H2,1-2H3,(H,16,19,20). The average Bonchev–Trinajstić information content (AvgIpc) is 3.23. The third-order valence-corrected chi connectivity index (χ3v) is 4.36. The lowest BCUT2D eigenvalue weighted by molar-refractivity contribution is 0.769. The van der Waals surface area contributed by atoms with Gasteiger partial charge in [-0.25, -0.2) is 15.0 Å². The Balaban J connectivity index is 1.81. The molecule has 7 heteroatoms. The maximum absolute atomic E-state index is 4.73. The normalized spacial score (nSPS) is 11.4. The SMILES string of the molecule is CCn1cc(C)nc1-c1nc(-c2[nH]nc3ncccc23)cs1. The van der Waals surface area contributed by atoms with Crippen molar-refractivity contribution in [1.82, 2.24) is 29.7 Å². The number of pyridine rings is 1. The van der Waals surface area contributed by atoms with Crippen LogP contribution in [-0.2, 0) is 6.54 Å². The van der Waals surface area contributed by atoms with Gasteiger partial charge in [-0.3, -0.25) is 5.10 Å². The lowest BCUT2D eigenvalue weighted by Gasteiger charge is -2.00. The number of imidazole rings is 1. The third-order valence-electron chi connectivity index (χ3n) is 3.52. The lowest BCUT2D eigenvalue weighted by Crippen LogP contribution is -1.95. The molecule has 4 rings (SSSR count). The fourth-order valence-electron chi connectivity index (χ4n) is 2.50. The fraction of sp³-hybridized carbons (Fsp3) is 0.200. The number of aromatic amines is 1. The van der Waals surface area contributed by atoms with Crippen LogP contribution < -0.4 is 0 Å². The molecule has 0 unspecified atom stereocenters. The number of thiazole rings is 1. The Hall–Kier alpha value is -2.54. The minimum atomic E-state index is 0.706. The molecule has 110 valence electrons. The minimum Gasteiger partial charge on any atom is -0.329 e. The van der Waals surface area contributed by atoms with Crippen LogP contribution in [0, 0.1) is 6.92 Å². The molecule has 4 heterocycles. The van der Waals surface area contributed by atoms with E-state index in [2.05, 4.69) is 31.7 Å². The molecule has 6 nitrogen and oxygen atoms in total. The molecule has 22 heavy (non-hydrogen) atoms. The highest BCUT2D eigenvalue weighted by molar-refractivity contribution is 7.13. The van der Waals surface area contributed by atoms with Crippen LogP contribution >= 0.6 is 11.3 Å². The highest BCUT2D eigenvalue weighted by Gasteiger charge is 2.15. The second kappa shape index (κ2) is 5.03. The van der Waals surface area contributed by atoms with E-state index in [1.807, 2.05) is 30.6 Å². The van der Waals surface area contributed by atoms with Gasteiger partial charge in [-0.15, -0.1) is 11.3 Å². The van der Waals surface area contributed by atoms with Crippen molar-refractivity contribution in [3.05, 3.63) is 35.6 Å². The Bertz CT molecular complexity index is 948. The van der Waals surface area contributed by atoms with Gasteiger partial charge in [-0.1, -0.05) is 0 Å². The van der Waals surface area contributed by atoms with E-state index in [9.17, 15) is 0 Å². The zero-order valence-corrected chi connectivity index (χ0v) is 13.1. The Morgan fingerprint density at radius 1 is 1.32 bits per heavy atom. The molecule has 0 aliphatic carbocycles. The molecule has 0 radical (unpaired) electrons. The first kappa shape index (κ1) is 13.1. The van der Waals surface area contributed by atoms with E-state index in [1.54, 1.807) is 17.5 Å². The van der Waals surface area contributed by atoms with Gasteiger partial charge in [0, 0.05) is 29.7 Å². The van der Waals surface area contributed by atoms with Crippen LogP contribution in [0.3, 0.4) is 0 Å². The molecule has 0 spiro atoms. The highest BCUT2D eigenvalue weighted by Crippen LogP contribution is 2.30. The number of aromatic nitrogens is 6. The predicted molar refractivity (Wildman–Crippen MR) is 86.6 cm³/mol. The van der Waals surface area contributed by atoms with Gasteiger partial charge in [0.05, 0.1) is 11.4 Å². The topological polar surface area (TPSA) is 72.3 Å². The number of rotatable bonds is 3. The van der Waals surface area contributed by atoms with Gasteiger partial charge in [0.15, 0.2) is 16.5 Å². The zero-order chi connectivity index (χ0) is 15.1. The average molecular weight is 310 g/mol. The number of nitrogens with zero attached hydrogens (tertiary/aromatic N) is 5. The van der Waals surface area contributed by atoms with Crippen molar-refractivity contribution in [1.29, 1.82) is 0 Å². The molecule has 1 N–H and O–H groups in total. The molecule has 0 aliphatic heterocycles. The molecule has 0 saturated heterocycles. The molecule has 0 bridgehead atoms. The van der Waals surface area contributed by atoms with Crippen molar-refractivity contribution in [3.63, 3.8) is 0 Å². The molecular weight excluding hydrogens is 296 g/mol. The van der Waals surface area contributed by atoms with Crippen LogP contribution in [0.4, 0.5) is 0 Å². The van der Waals surface area contributed by atoms with Crippen molar-refractivity contribution < 1.29 is 0 Å². The molecule has 0 atom stereocenters. The number of hydrogen-bond acceptors (Lipinski definition) is 5.